The molecular formula is C27H32N4O3S. The van der Waals surface area contributed by atoms with E-state index in [-0.39, 0.29) is 6.04 Å². The number of ether oxygens (including phenoxy) is 2. The molecule has 1 aliphatic heterocycles. The van der Waals surface area contributed by atoms with E-state index in [1.54, 1.807) is 7.11 Å². The average molecular weight is 493 g/mol. The van der Waals surface area contributed by atoms with Crippen molar-refractivity contribution in [1.29, 1.82) is 0 Å². The minimum Gasteiger partial charge on any atom is -0.494 e. The van der Waals surface area contributed by atoms with Crippen molar-refractivity contribution in [3.05, 3.63) is 71.2 Å². The van der Waals surface area contributed by atoms with Crippen LogP contribution in [0, 0.1) is 0 Å². The van der Waals surface area contributed by atoms with Gasteiger partial charge >= 0.3 is 0 Å². The van der Waals surface area contributed by atoms with Gasteiger partial charge in [-0.15, -0.1) is 0 Å². The van der Waals surface area contributed by atoms with Gasteiger partial charge in [0.05, 0.1) is 18.2 Å². The number of allylic oxidation sites excluding steroid dienone is 1. The second-order valence-corrected chi connectivity index (χ2v) is 8.74. The monoisotopic (exact) mass is 492 g/mol. The van der Waals surface area contributed by atoms with Gasteiger partial charge in [-0.05, 0) is 74.3 Å². The highest BCUT2D eigenvalue weighted by Gasteiger charge is 2.33. The first-order valence-corrected chi connectivity index (χ1v) is 12.4. The molecular weight excluding hydrogens is 460 g/mol. The highest BCUT2D eigenvalue weighted by Crippen LogP contribution is 2.37. The maximum Gasteiger partial charge on any atom is 0.258 e. The Kier molecular flexibility index (Phi) is 8.15. The van der Waals surface area contributed by atoms with Gasteiger partial charge in [0.25, 0.3) is 5.89 Å². The third-order valence-electron chi connectivity index (χ3n) is 6.13. The van der Waals surface area contributed by atoms with Crippen LogP contribution < -0.4 is 10.1 Å². The van der Waals surface area contributed by atoms with E-state index in [0.717, 1.165) is 47.5 Å². The molecule has 0 aliphatic carbocycles. The van der Waals surface area contributed by atoms with Crippen molar-refractivity contribution >= 4 is 22.9 Å². The largest absolute Gasteiger partial charge is 0.494 e. The summed E-state index contributed by atoms with van der Waals surface area (Å²) in [6.07, 6.45) is 1.83. The van der Waals surface area contributed by atoms with E-state index in [1.807, 2.05) is 31.2 Å². The fraction of sp³-hybridized carbons (Fsp3) is 0.370. The van der Waals surface area contributed by atoms with Gasteiger partial charge in [-0.25, -0.2) is 0 Å². The molecule has 0 radical (unpaired) electrons. The molecule has 1 N–H and O–H groups in total. The number of nitrogens with one attached hydrogen (secondary N) is 1. The van der Waals surface area contributed by atoms with Crippen LogP contribution in [0.3, 0.4) is 0 Å². The van der Waals surface area contributed by atoms with Crippen molar-refractivity contribution in [2.24, 2.45) is 0 Å². The van der Waals surface area contributed by atoms with Gasteiger partial charge in [0.2, 0.25) is 5.82 Å². The predicted molar refractivity (Wildman–Crippen MR) is 141 cm³/mol. The van der Waals surface area contributed by atoms with E-state index >= 15 is 0 Å². The van der Waals surface area contributed by atoms with Crippen LogP contribution in [0.25, 0.3) is 17.0 Å². The first-order valence-electron chi connectivity index (χ1n) is 12.0. The number of hydrogen-bond donors (Lipinski definition) is 1. The third-order valence-corrected chi connectivity index (χ3v) is 6.47. The van der Waals surface area contributed by atoms with Gasteiger partial charge in [0, 0.05) is 31.5 Å². The van der Waals surface area contributed by atoms with Gasteiger partial charge in [-0.1, -0.05) is 36.3 Å². The molecule has 0 fully saturated rings. The van der Waals surface area contributed by atoms with E-state index in [0.29, 0.717) is 30.0 Å². The summed E-state index contributed by atoms with van der Waals surface area (Å²) in [4.78, 5) is 6.87. The van der Waals surface area contributed by atoms with Gasteiger partial charge < -0.3 is 24.2 Å². The van der Waals surface area contributed by atoms with Crippen LogP contribution in [0.15, 0.2) is 58.8 Å². The zero-order chi connectivity index (χ0) is 24.8. The second kappa shape index (κ2) is 11.5. The molecule has 184 valence electrons. The van der Waals surface area contributed by atoms with Crippen molar-refractivity contribution in [3.8, 4) is 17.1 Å². The van der Waals surface area contributed by atoms with E-state index < -0.39 is 0 Å². The van der Waals surface area contributed by atoms with Crippen LogP contribution >= 0.6 is 12.2 Å². The molecule has 2 heterocycles. The SMILES string of the molecule is CCOc1ccc(-c2noc(C3=C(C)N(CCCOC)C(=S)NC3c3ccc(CC)cc3)n2)cc1. The minimum atomic E-state index is -0.194. The molecule has 0 spiro atoms. The van der Waals surface area contributed by atoms with E-state index in [9.17, 15) is 0 Å². The Morgan fingerprint density at radius 3 is 2.49 bits per heavy atom. The van der Waals surface area contributed by atoms with Crippen molar-refractivity contribution in [3.63, 3.8) is 0 Å². The predicted octanol–water partition coefficient (Wildman–Crippen LogP) is 5.40. The average Bonchev–Trinajstić information content (AvgIpc) is 3.36. The Balaban J connectivity index is 1.72. The van der Waals surface area contributed by atoms with Crippen LogP contribution in [-0.4, -0.2) is 47.0 Å². The van der Waals surface area contributed by atoms with Crippen LogP contribution in [0.1, 0.15) is 50.3 Å². The zero-order valence-corrected chi connectivity index (χ0v) is 21.5. The molecule has 0 saturated heterocycles. The number of benzene rings is 2. The topological polar surface area (TPSA) is 72.7 Å². The molecule has 0 saturated carbocycles. The summed E-state index contributed by atoms with van der Waals surface area (Å²) in [6, 6.07) is 16.1. The fourth-order valence-electron chi connectivity index (χ4n) is 4.21. The lowest BCUT2D eigenvalue weighted by Gasteiger charge is -2.37. The quantitative estimate of drug-likeness (QED) is 0.298. The number of aryl methyl sites for hydroxylation is 1. The number of thiocarbonyl (C=S) groups is 1. The van der Waals surface area contributed by atoms with Crippen molar-refractivity contribution in [2.75, 3.05) is 26.9 Å². The lowest BCUT2D eigenvalue weighted by molar-refractivity contribution is 0.188. The third kappa shape index (κ3) is 5.55. The number of methoxy groups -OCH3 is 1. The molecule has 7 nitrogen and oxygen atoms in total. The lowest BCUT2D eigenvalue weighted by atomic mass is 9.94. The number of rotatable bonds is 10. The van der Waals surface area contributed by atoms with Crippen LogP contribution in [-0.2, 0) is 11.2 Å². The smallest absolute Gasteiger partial charge is 0.258 e. The summed E-state index contributed by atoms with van der Waals surface area (Å²) in [7, 11) is 1.71. The van der Waals surface area contributed by atoms with E-state index in [1.165, 1.54) is 5.56 Å². The molecule has 35 heavy (non-hydrogen) atoms. The van der Waals surface area contributed by atoms with Crippen LogP contribution in [0.5, 0.6) is 5.75 Å². The second-order valence-electron chi connectivity index (χ2n) is 8.36. The lowest BCUT2D eigenvalue weighted by Crippen LogP contribution is -2.46. The number of nitrogens with zero attached hydrogens (tertiary/aromatic N) is 3. The van der Waals surface area contributed by atoms with Crippen molar-refractivity contribution < 1.29 is 14.0 Å². The normalized spacial score (nSPS) is 15.9. The molecule has 1 unspecified atom stereocenters. The number of hydrogen-bond acceptors (Lipinski definition) is 6. The summed E-state index contributed by atoms with van der Waals surface area (Å²) in [5.41, 5.74) is 5.16. The first-order chi connectivity index (χ1) is 17.0. The number of aromatic nitrogens is 2. The Labute approximate surface area is 212 Å². The summed E-state index contributed by atoms with van der Waals surface area (Å²) in [6.45, 7) is 8.18. The molecule has 2 aromatic carbocycles. The Morgan fingerprint density at radius 2 is 1.83 bits per heavy atom. The van der Waals surface area contributed by atoms with Gasteiger partial charge in [-0.2, -0.15) is 4.98 Å². The maximum atomic E-state index is 5.83. The van der Waals surface area contributed by atoms with Crippen LogP contribution in [0.2, 0.25) is 0 Å². The van der Waals surface area contributed by atoms with Crippen molar-refractivity contribution in [2.45, 2.75) is 39.7 Å². The van der Waals surface area contributed by atoms with E-state index in [2.05, 4.69) is 53.5 Å². The van der Waals surface area contributed by atoms with Crippen molar-refractivity contribution in [1.82, 2.24) is 20.4 Å². The summed E-state index contributed by atoms with van der Waals surface area (Å²) in [5.74, 6) is 1.82. The van der Waals surface area contributed by atoms with Gasteiger partial charge in [0.15, 0.2) is 5.11 Å². The van der Waals surface area contributed by atoms with E-state index in [4.69, 9.17) is 31.2 Å². The molecule has 1 aliphatic rings. The minimum absolute atomic E-state index is 0.194. The summed E-state index contributed by atoms with van der Waals surface area (Å²) < 4.78 is 16.6. The molecule has 4 rings (SSSR count). The van der Waals surface area contributed by atoms with Gasteiger partial charge in [-0.3, -0.25) is 0 Å². The summed E-state index contributed by atoms with van der Waals surface area (Å²) >= 11 is 5.76. The first kappa shape index (κ1) is 24.9. The molecule has 0 bridgehead atoms. The molecule has 1 aromatic heterocycles. The standard InChI is InChI=1S/C27H32N4O3S/c1-5-19-8-10-20(11-9-19)24-23(18(3)31(27(35)28-24)16-7-17-32-4)26-29-25(30-34-26)21-12-14-22(15-13-21)33-6-2/h8-15,24H,5-7,16-17H2,1-4H3,(H,28,35). The van der Waals surface area contributed by atoms with Gasteiger partial charge in [0.1, 0.15) is 5.75 Å². The highest BCUT2D eigenvalue weighted by atomic mass is 32.1. The molecule has 0 amide bonds. The maximum absolute atomic E-state index is 5.83. The molecule has 1 atom stereocenters. The van der Waals surface area contributed by atoms with Crippen LogP contribution in [0.4, 0.5) is 0 Å². The Morgan fingerprint density at radius 1 is 1.09 bits per heavy atom. The summed E-state index contributed by atoms with van der Waals surface area (Å²) in [5, 5.41) is 8.48. The zero-order valence-electron chi connectivity index (χ0n) is 20.7. The fourth-order valence-corrected chi connectivity index (χ4v) is 4.55. The molecule has 8 heteroatoms. The highest BCUT2D eigenvalue weighted by molar-refractivity contribution is 7.80. The Bertz CT molecular complexity index is 1170. The Hall–Kier alpha value is -3.23. The molecule has 3 aromatic rings.